The molecule has 0 radical (unpaired) electrons. The summed E-state index contributed by atoms with van der Waals surface area (Å²) in [5.41, 5.74) is 0. The fourth-order valence-corrected chi connectivity index (χ4v) is 2.66. The molecule has 1 saturated carbocycles. The Morgan fingerprint density at radius 3 is 2.36 bits per heavy atom. The van der Waals surface area contributed by atoms with Crippen LogP contribution in [0.2, 0.25) is 0 Å². The van der Waals surface area contributed by atoms with Gasteiger partial charge in [-0.1, -0.05) is 0 Å². The zero-order valence-corrected chi connectivity index (χ0v) is 8.63. The highest BCUT2D eigenvalue weighted by molar-refractivity contribution is 7.99. The van der Waals surface area contributed by atoms with Crippen LogP contribution >= 0.6 is 11.8 Å². The van der Waals surface area contributed by atoms with Gasteiger partial charge in [0.2, 0.25) is 5.91 Å². The van der Waals surface area contributed by atoms with Crippen molar-refractivity contribution >= 4 is 23.6 Å². The molecule has 0 spiro atoms. The zero-order valence-electron chi connectivity index (χ0n) is 7.81. The van der Waals surface area contributed by atoms with E-state index in [0.29, 0.717) is 6.42 Å². The lowest BCUT2D eigenvalue weighted by Gasteiger charge is -2.26. The molecule has 0 unspecified atom stereocenters. The van der Waals surface area contributed by atoms with Gasteiger partial charge in [0, 0.05) is 24.6 Å². The Kier molecular flexibility index (Phi) is 2.67. The van der Waals surface area contributed by atoms with Crippen LogP contribution in [0, 0.1) is 11.8 Å². The van der Waals surface area contributed by atoms with Crippen molar-refractivity contribution in [3.8, 4) is 0 Å². The van der Waals surface area contributed by atoms with Crippen LogP contribution in [-0.4, -0.2) is 46.5 Å². The number of rotatable bonds is 2. The average molecular weight is 215 g/mol. The number of hydrogen-bond acceptors (Lipinski definition) is 3. The van der Waals surface area contributed by atoms with Gasteiger partial charge in [-0.25, -0.2) is 0 Å². The molecule has 0 bridgehead atoms. The van der Waals surface area contributed by atoms with Crippen LogP contribution < -0.4 is 0 Å². The summed E-state index contributed by atoms with van der Waals surface area (Å²) in [7, 11) is 0. The monoisotopic (exact) mass is 215 g/mol. The Hall–Kier alpha value is -0.710. The van der Waals surface area contributed by atoms with Crippen molar-refractivity contribution in [2.75, 3.05) is 24.6 Å². The van der Waals surface area contributed by atoms with Crippen LogP contribution in [0.1, 0.15) is 6.42 Å². The van der Waals surface area contributed by atoms with Crippen molar-refractivity contribution < 1.29 is 14.7 Å². The van der Waals surface area contributed by atoms with Crippen molar-refractivity contribution in [1.29, 1.82) is 0 Å². The molecule has 2 rings (SSSR count). The van der Waals surface area contributed by atoms with Gasteiger partial charge in [0.1, 0.15) is 0 Å². The minimum absolute atomic E-state index is 0.0534. The SMILES string of the molecule is O=C(O)[C@H]1C[C@H]1C(=O)N1CCSCC1. The number of carbonyl (C=O) groups is 2. The fraction of sp³-hybridized carbons (Fsp3) is 0.778. The standard InChI is InChI=1S/C9H13NO3S/c11-8(6-5-7(6)9(12)13)10-1-3-14-4-2-10/h6-7H,1-5H2,(H,12,13)/t6-,7+/m1/s1. The third-order valence-electron chi connectivity index (χ3n) is 2.75. The molecular weight excluding hydrogens is 202 g/mol. The number of nitrogens with zero attached hydrogens (tertiary/aromatic N) is 1. The van der Waals surface area contributed by atoms with Gasteiger partial charge < -0.3 is 10.0 Å². The number of hydrogen-bond donors (Lipinski definition) is 1. The Bertz CT molecular complexity index is 263. The van der Waals surface area contributed by atoms with E-state index < -0.39 is 11.9 Å². The maximum absolute atomic E-state index is 11.7. The number of carboxylic acids is 1. The minimum atomic E-state index is -0.824. The lowest BCUT2D eigenvalue weighted by molar-refractivity contribution is -0.141. The Balaban J connectivity index is 1.87. The van der Waals surface area contributed by atoms with E-state index in [0.717, 1.165) is 24.6 Å². The van der Waals surface area contributed by atoms with E-state index in [-0.39, 0.29) is 11.8 Å². The van der Waals surface area contributed by atoms with E-state index in [1.807, 2.05) is 16.7 Å². The minimum Gasteiger partial charge on any atom is -0.481 e. The van der Waals surface area contributed by atoms with Crippen LogP contribution in [0.4, 0.5) is 0 Å². The van der Waals surface area contributed by atoms with Crippen LogP contribution in [0.5, 0.6) is 0 Å². The number of carboxylic acid groups (broad SMARTS) is 1. The summed E-state index contributed by atoms with van der Waals surface area (Å²) in [6.45, 7) is 1.57. The maximum Gasteiger partial charge on any atom is 0.307 e. The fourth-order valence-electron chi connectivity index (χ4n) is 1.76. The summed E-state index contributed by atoms with van der Waals surface area (Å²) in [4.78, 5) is 24.1. The van der Waals surface area contributed by atoms with E-state index in [9.17, 15) is 9.59 Å². The van der Waals surface area contributed by atoms with Gasteiger partial charge in [-0.05, 0) is 6.42 Å². The first-order chi connectivity index (χ1) is 6.70. The summed E-state index contributed by atoms with van der Waals surface area (Å²) in [5, 5.41) is 8.70. The molecule has 1 aliphatic heterocycles. The highest BCUT2D eigenvalue weighted by Crippen LogP contribution is 2.40. The first kappa shape index (κ1) is 9.83. The number of thioether (sulfide) groups is 1. The number of carbonyl (C=O) groups excluding carboxylic acids is 1. The molecule has 2 fully saturated rings. The molecule has 4 nitrogen and oxygen atoms in total. The predicted molar refractivity (Wildman–Crippen MR) is 53.1 cm³/mol. The van der Waals surface area contributed by atoms with Gasteiger partial charge >= 0.3 is 5.97 Å². The first-order valence-electron chi connectivity index (χ1n) is 4.79. The van der Waals surface area contributed by atoms with E-state index in [1.165, 1.54) is 0 Å². The quantitative estimate of drug-likeness (QED) is 0.719. The molecule has 5 heteroatoms. The highest BCUT2D eigenvalue weighted by Gasteiger charge is 2.49. The molecule has 14 heavy (non-hydrogen) atoms. The van der Waals surface area contributed by atoms with E-state index >= 15 is 0 Å². The smallest absolute Gasteiger partial charge is 0.307 e. The molecule has 0 aromatic heterocycles. The lowest BCUT2D eigenvalue weighted by Crippen LogP contribution is -2.39. The van der Waals surface area contributed by atoms with Crippen molar-refractivity contribution in [3.05, 3.63) is 0 Å². The predicted octanol–water partition coefficient (Wildman–Crippen LogP) is 0.283. The second-order valence-electron chi connectivity index (χ2n) is 3.72. The molecular formula is C9H13NO3S. The highest BCUT2D eigenvalue weighted by atomic mass is 32.2. The molecule has 1 aliphatic carbocycles. The normalized spacial score (nSPS) is 31.3. The number of aliphatic carboxylic acids is 1. The summed E-state index contributed by atoms with van der Waals surface area (Å²) < 4.78 is 0. The average Bonchev–Trinajstić information content (AvgIpc) is 2.97. The van der Waals surface area contributed by atoms with E-state index in [1.54, 1.807) is 0 Å². The molecule has 1 saturated heterocycles. The molecule has 0 aromatic carbocycles. The number of amides is 1. The molecule has 78 valence electrons. The van der Waals surface area contributed by atoms with Crippen molar-refractivity contribution in [2.45, 2.75) is 6.42 Å². The Labute approximate surface area is 86.6 Å². The van der Waals surface area contributed by atoms with E-state index in [2.05, 4.69) is 0 Å². The molecule has 1 heterocycles. The van der Waals surface area contributed by atoms with Crippen molar-refractivity contribution in [1.82, 2.24) is 4.90 Å². The topological polar surface area (TPSA) is 57.6 Å². The second kappa shape index (κ2) is 3.81. The molecule has 0 aromatic rings. The maximum atomic E-state index is 11.7. The first-order valence-corrected chi connectivity index (χ1v) is 5.95. The third kappa shape index (κ3) is 1.87. The van der Waals surface area contributed by atoms with Crippen LogP contribution in [0.15, 0.2) is 0 Å². The molecule has 2 aliphatic rings. The Morgan fingerprint density at radius 2 is 1.86 bits per heavy atom. The Morgan fingerprint density at radius 1 is 1.21 bits per heavy atom. The van der Waals surface area contributed by atoms with Crippen LogP contribution in [0.3, 0.4) is 0 Å². The molecule has 2 atom stereocenters. The van der Waals surface area contributed by atoms with Crippen molar-refractivity contribution in [2.24, 2.45) is 11.8 Å². The van der Waals surface area contributed by atoms with Crippen LogP contribution in [-0.2, 0) is 9.59 Å². The summed E-state index contributed by atoms with van der Waals surface area (Å²) >= 11 is 1.85. The van der Waals surface area contributed by atoms with Gasteiger partial charge in [-0.2, -0.15) is 11.8 Å². The molecule has 1 N–H and O–H groups in total. The van der Waals surface area contributed by atoms with Crippen molar-refractivity contribution in [3.63, 3.8) is 0 Å². The van der Waals surface area contributed by atoms with Gasteiger partial charge in [-0.3, -0.25) is 9.59 Å². The third-order valence-corrected chi connectivity index (χ3v) is 3.69. The van der Waals surface area contributed by atoms with Gasteiger partial charge in [-0.15, -0.1) is 0 Å². The summed E-state index contributed by atoms with van der Waals surface area (Å²) in [5.74, 6) is 0.562. The lowest BCUT2D eigenvalue weighted by atomic mass is 10.2. The molecule has 1 amide bonds. The zero-order chi connectivity index (χ0) is 10.1. The summed E-state index contributed by atoms with van der Waals surface area (Å²) in [6, 6.07) is 0. The van der Waals surface area contributed by atoms with Gasteiger partial charge in [0.15, 0.2) is 0 Å². The summed E-state index contributed by atoms with van der Waals surface area (Å²) in [6.07, 6.45) is 0.539. The van der Waals surface area contributed by atoms with Gasteiger partial charge in [0.05, 0.1) is 11.8 Å². The van der Waals surface area contributed by atoms with E-state index in [4.69, 9.17) is 5.11 Å². The van der Waals surface area contributed by atoms with Crippen LogP contribution in [0.25, 0.3) is 0 Å². The second-order valence-corrected chi connectivity index (χ2v) is 4.95. The van der Waals surface area contributed by atoms with Gasteiger partial charge in [0.25, 0.3) is 0 Å². The largest absolute Gasteiger partial charge is 0.481 e.